The van der Waals surface area contributed by atoms with E-state index in [0.717, 1.165) is 25.1 Å². The van der Waals surface area contributed by atoms with Gasteiger partial charge < -0.3 is 9.84 Å². The topological polar surface area (TPSA) is 68.8 Å². The van der Waals surface area contributed by atoms with Crippen LogP contribution in [0, 0.1) is 6.92 Å². The smallest absolute Gasteiger partial charge is 0.232 e. The van der Waals surface area contributed by atoms with Crippen LogP contribution in [0.3, 0.4) is 0 Å². The summed E-state index contributed by atoms with van der Waals surface area (Å²) < 4.78 is 7.55. The zero-order chi connectivity index (χ0) is 17.4. The van der Waals surface area contributed by atoms with Gasteiger partial charge in [0.05, 0.1) is 12.1 Å². The molecule has 1 aromatic carbocycles. The van der Waals surface area contributed by atoms with Crippen LogP contribution in [0.4, 0.5) is 0 Å². The lowest BCUT2D eigenvalue weighted by molar-refractivity contribution is 0.351. The SMILES string of the molecule is CCc1ccc(-c2noc([C@@H]3CNC[C@H]3c3cnn(C)c3C)n2)cc1. The fourth-order valence-corrected chi connectivity index (χ4v) is 3.54. The van der Waals surface area contributed by atoms with Crippen LogP contribution in [-0.4, -0.2) is 33.0 Å². The van der Waals surface area contributed by atoms with Crippen molar-refractivity contribution in [2.24, 2.45) is 7.05 Å². The Hall–Kier alpha value is -2.47. The van der Waals surface area contributed by atoms with Crippen LogP contribution in [0.5, 0.6) is 0 Å². The van der Waals surface area contributed by atoms with E-state index in [1.54, 1.807) is 0 Å². The first-order chi connectivity index (χ1) is 12.2. The molecule has 0 amide bonds. The molecule has 1 aliphatic rings. The summed E-state index contributed by atoms with van der Waals surface area (Å²) in [6.45, 7) is 6.00. The van der Waals surface area contributed by atoms with E-state index in [2.05, 4.69) is 58.7 Å². The molecule has 0 bridgehead atoms. The predicted molar refractivity (Wildman–Crippen MR) is 95.4 cm³/mol. The normalized spacial score (nSPS) is 20.3. The third kappa shape index (κ3) is 2.87. The summed E-state index contributed by atoms with van der Waals surface area (Å²) in [5, 5.41) is 12.0. The number of aryl methyl sites for hydroxylation is 2. The number of nitrogens with one attached hydrogen (secondary N) is 1. The van der Waals surface area contributed by atoms with E-state index < -0.39 is 0 Å². The van der Waals surface area contributed by atoms with E-state index in [4.69, 9.17) is 4.52 Å². The highest BCUT2D eigenvalue weighted by molar-refractivity contribution is 5.54. The molecular weight excluding hydrogens is 314 g/mol. The monoisotopic (exact) mass is 337 g/mol. The second-order valence-corrected chi connectivity index (χ2v) is 6.69. The van der Waals surface area contributed by atoms with E-state index in [1.807, 2.05) is 17.9 Å². The molecule has 3 heterocycles. The van der Waals surface area contributed by atoms with Crippen LogP contribution in [0.1, 0.15) is 41.5 Å². The first-order valence-electron chi connectivity index (χ1n) is 8.79. The standard InChI is InChI=1S/C19H23N5O/c1-4-13-5-7-14(8-6-13)18-22-19(25-23-18)17-10-20-9-16(17)15-11-21-24(3)12(15)2/h5-8,11,16-17,20H,4,9-10H2,1-3H3/t16-,17+/m0/s1. The molecule has 0 radical (unpaired) electrons. The minimum absolute atomic E-state index is 0.180. The minimum atomic E-state index is 0.180. The fraction of sp³-hybridized carbons (Fsp3) is 0.421. The maximum Gasteiger partial charge on any atom is 0.232 e. The molecule has 2 atom stereocenters. The number of hydrogen-bond donors (Lipinski definition) is 1. The summed E-state index contributed by atoms with van der Waals surface area (Å²) in [5.74, 6) is 1.85. The Labute approximate surface area is 147 Å². The Morgan fingerprint density at radius 1 is 1.20 bits per heavy atom. The molecular formula is C19H23N5O. The molecule has 1 aliphatic heterocycles. The van der Waals surface area contributed by atoms with Gasteiger partial charge in [0.1, 0.15) is 0 Å². The molecule has 1 saturated heterocycles. The van der Waals surface area contributed by atoms with Gasteiger partial charge in [0, 0.05) is 37.3 Å². The lowest BCUT2D eigenvalue weighted by atomic mass is 9.89. The highest BCUT2D eigenvalue weighted by Crippen LogP contribution is 2.36. The fourth-order valence-electron chi connectivity index (χ4n) is 3.54. The van der Waals surface area contributed by atoms with E-state index >= 15 is 0 Å². The maximum absolute atomic E-state index is 5.63. The van der Waals surface area contributed by atoms with Gasteiger partial charge in [-0.1, -0.05) is 36.3 Å². The molecule has 130 valence electrons. The van der Waals surface area contributed by atoms with Crippen molar-refractivity contribution in [1.29, 1.82) is 0 Å². The summed E-state index contributed by atoms with van der Waals surface area (Å²) in [5.41, 5.74) is 4.74. The molecule has 3 aromatic rings. The van der Waals surface area contributed by atoms with Gasteiger partial charge in [-0.05, 0) is 24.5 Å². The second kappa shape index (κ2) is 6.44. The zero-order valence-electron chi connectivity index (χ0n) is 14.9. The Balaban J connectivity index is 1.61. The highest BCUT2D eigenvalue weighted by atomic mass is 16.5. The van der Waals surface area contributed by atoms with Crippen molar-refractivity contribution in [1.82, 2.24) is 25.2 Å². The lowest BCUT2D eigenvalue weighted by Gasteiger charge is -2.14. The predicted octanol–water partition coefficient (Wildman–Crippen LogP) is 2.81. The van der Waals surface area contributed by atoms with Gasteiger partial charge >= 0.3 is 0 Å². The Kier molecular flexibility index (Phi) is 4.13. The summed E-state index contributed by atoms with van der Waals surface area (Å²) in [4.78, 5) is 4.69. The largest absolute Gasteiger partial charge is 0.339 e. The molecule has 6 nitrogen and oxygen atoms in total. The highest BCUT2D eigenvalue weighted by Gasteiger charge is 2.35. The van der Waals surface area contributed by atoms with Crippen molar-refractivity contribution >= 4 is 0 Å². The summed E-state index contributed by atoms with van der Waals surface area (Å²) in [6.07, 6.45) is 2.98. The molecule has 1 fully saturated rings. The van der Waals surface area contributed by atoms with Crippen LogP contribution in [0.25, 0.3) is 11.4 Å². The number of hydrogen-bond acceptors (Lipinski definition) is 5. The van der Waals surface area contributed by atoms with Crippen LogP contribution in [0.15, 0.2) is 35.0 Å². The van der Waals surface area contributed by atoms with Crippen molar-refractivity contribution in [3.05, 3.63) is 53.2 Å². The van der Waals surface area contributed by atoms with Gasteiger partial charge in [0.2, 0.25) is 11.7 Å². The van der Waals surface area contributed by atoms with Gasteiger partial charge in [-0.3, -0.25) is 4.68 Å². The zero-order valence-corrected chi connectivity index (χ0v) is 14.9. The van der Waals surface area contributed by atoms with Crippen LogP contribution in [0.2, 0.25) is 0 Å². The Bertz CT molecular complexity index is 864. The van der Waals surface area contributed by atoms with E-state index in [1.165, 1.54) is 16.8 Å². The molecule has 1 N–H and O–H groups in total. The van der Waals surface area contributed by atoms with Crippen molar-refractivity contribution in [2.75, 3.05) is 13.1 Å². The maximum atomic E-state index is 5.63. The number of aromatic nitrogens is 4. The van der Waals surface area contributed by atoms with E-state index in [9.17, 15) is 0 Å². The molecule has 6 heteroatoms. The van der Waals surface area contributed by atoms with Gasteiger partial charge in [0.15, 0.2) is 0 Å². The molecule has 0 aliphatic carbocycles. The van der Waals surface area contributed by atoms with E-state index in [0.29, 0.717) is 17.6 Å². The van der Waals surface area contributed by atoms with Crippen LogP contribution in [-0.2, 0) is 13.5 Å². The van der Waals surface area contributed by atoms with Gasteiger partial charge in [-0.25, -0.2) is 0 Å². The number of nitrogens with zero attached hydrogens (tertiary/aromatic N) is 4. The average molecular weight is 337 g/mol. The number of rotatable bonds is 4. The molecule has 2 aromatic heterocycles. The molecule has 25 heavy (non-hydrogen) atoms. The number of benzene rings is 1. The first-order valence-corrected chi connectivity index (χ1v) is 8.79. The average Bonchev–Trinajstić information content (AvgIpc) is 3.36. The van der Waals surface area contributed by atoms with Crippen molar-refractivity contribution in [3.8, 4) is 11.4 Å². The molecule has 0 saturated carbocycles. The van der Waals surface area contributed by atoms with Crippen LogP contribution >= 0.6 is 0 Å². The van der Waals surface area contributed by atoms with Crippen molar-refractivity contribution in [3.63, 3.8) is 0 Å². The summed E-state index contributed by atoms with van der Waals surface area (Å²) in [6, 6.07) is 8.35. The van der Waals surface area contributed by atoms with Crippen molar-refractivity contribution < 1.29 is 4.52 Å². The third-order valence-corrected chi connectivity index (χ3v) is 5.27. The van der Waals surface area contributed by atoms with E-state index in [-0.39, 0.29) is 5.92 Å². The quantitative estimate of drug-likeness (QED) is 0.793. The van der Waals surface area contributed by atoms with Gasteiger partial charge in [0.25, 0.3) is 0 Å². The minimum Gasteiger partial charge on any atom is -0.339 e. The van der Waals surface area contributed by atoms with Gasteiger partial charge in [-0.2, -0.15) is 10.1 Å². The molecule has 0 spiro atoms. The third-order valence-electron chi connectivity index (χ3n) is 5.27. The first kappa shape index (κ1) is 16.0. The summed E-state index contributed by atoms with van der Waals surface area (Å²) in [7, 11) is 1.97. The van der Waals surface area contributed by atoms with Gasteiger partial charge in [-0.15, -0.1) is 0 Å². The molecule has 0 unspecified atom stereocenters. The summed E-state index contributed by atoms with van der Waals surface area (Å²) >= 11 is 0. The lowest BCUT2D eigenvalue weighted by Crippen LogP contribution is -2.10. The molecule has 4 rings (SSSR count). The Morgan fingerprint density at radius 2 is 1.96 bits per heavy atom. The second-order valence-electron chi connectivity index (χ2n) is 6.69. The van der Waals surface area contributed by atoms with Crippen molar-refractivity contribution in [2.45, 2.75) is 32.1 Å². The van der Waals surface area contributed by atoms with Crippen LogP contribution < -0.4 is 5.32 Å². The Morgan fingerprint density at radius 3 is 2.64 bits per heavy atom.